The topological polar surface area (TPSA) is 78.3 Å². The van der Waals surface area contributed by atoms with Gasteiger partial charge in [0.15, 0.2) is 0 Å². The van der Waals surface area contributed by atoms with Crippen molar-refractivity contribution in [3.8, 4) is 0 Å². The van der Waals surface area contributed by atoms with Gasteiger partial charge in [-0.15, -0.1) is 12.4 Å². The molecule has 0 atom stereocenters. The van der Waals surface area contributed by atoms with Crippen LogP contribution in [0.4, 0.5) is 23.5 Å². The summed E-state index contributed by atoms with van der Waals surface area (Å²) in [6.45, 7) is 7.63. The van der Waals surface area contributed by atoms with Gasteiger partial charge in [-0.2, -0.15) is 20.1 Å². The lowest BCUT2D eigenvalue weighted by atomic mass is 10.1. The second-order valence-electron chi connectivity index (χ2n) is 7.48. The largest absolute Gasteiger partial charge is 0.341 e. The molecule has 0 saturated heterocycles. The number of benzene rings is 3. The first-order chi connectivity index (χ1) is 16.1. The van der Waals surface area contributed by atoms with Gasteiger partial charge >= 0.3 is 0 Å². The fourth-order valence-electron chi connectivity index (χ4n) is 3.44. The van der Waals surface area contributed by atoms with Crippen molar-refractivity contribution >= 4 is 64.5 Å². The maximum atomic E-state index is 6.27. The van der Waals surface area contributed by atoms with Crippen LogP contribution in [0.5, 0.6) is 0 Å². The van der Waals surface area contributed by atoms with E-state index in [1.54, 1.807) is 6.21 Å². The van der Waals surface area contributed by atoms with Crippen LogP contribution in [-0.2, 0) is 0 Å². The zero-order valence-electron chi connectivity index (χ0n) is 19.3. The highest BCUT2D eigenvalue weighted by Gasteiger charge is 2.12. The smallest absolute Gasteiger partial charge is 0.250 e. The SMILES string of the molecule is CCN(CC)c1nc(NN=Cc2cccc3ccccc23)nc(Nc2ccc(C)c(Cl)c2)n1.Cl. The Balaban J connectivity index is 0.00000324. The molecule has 176 valence electrons. The number of rotatable bonds is 8. The zero-order chi connectivity index (χ0) is 23.2. The van der Waals surface area contributed by atoms with Gasteiger partial charge in [0.05, 0.1) is 6.21 Å². The molecule has 0 aliphatic carbocycles. The summed E-state index contributed by atoms with van der Waals surface area (Å²) >= 11 is 6.27. The van der Waals surface area contributed by atoms with Crippen LogP contribution in [0.3, 0.4) is 0 Å². The molecule has 0 fully saturated rings. The number of anilines is 4. The minimum Gasteiger partial charge on any atom is -0.341 e. The van der Waals surface area contributed by atoms with Crippen LogP contribution in [0, 0.1) is 6.92 Å². The van der Waals surface area contributed by atoms with Gasteiger partial charge in [-0.05, 0) is 49.2 Å². The monoisotopic (exact) mass is 495 g/mol. The number of fused-ring (bicyclic) bond motifs is 1. The predicted octanol–water partition coefficient (Wildman–Crippen LogP) is 6.44. The molecule has 0 saturated carbocycles. The minimum atomic E-state index is 0. The van der Waals surface area contributed by atoms with Crippen LogP contribution in [0.25, 0.3) is 10.8 Å². The Morgan fingerprint density at radius 2 is 1.68 bits per heavy atom. The van der Waals surface area contributed by atoms with Gasteiger partial charge in [0.1, 0.15) is 0 Å². The fraction of sp³-hybridized carbons (Fsp3) is 0.200. The summed E-state index contributed by atoms with van der Waals surface area (Å²) in [6.07, 6.45) is 1.77. The number of aromatic nitrogens is 3. The third-order valence-electron chi connectivity index (χ3n) is 5.29. The number of nitrogens with one attached hydrogen (secondary N) is 2. The van der Waals surface area contributed by atoms with Crippen LogP contribution in [0.1, 0.15) is 25.0 Å². The fourth-order valence-corrected chi connectivity index (χ4v) is 3.62. The van der Waals surface area contributed by atoms with Gasteiger partial charge in [0.2, 0.25) is 17.8 Å². The standard InChI is InChI=1S/C25H26ClN7.ClH/c1-4-33(5-2)25-30-23(28-20-14-13-17(3)22(26)15-20)29-24(31-25)32-27-16-19-11-8-10-18-9-6-7-12-21(18)19;/h6-16H,4-5H2,1-3H3,(H2,28,29,30,31,32);1H. The van der Waals surface area contributed by atoms with Crippen molar-refractivity contribution in [1.82, 2.24) is 15.0 Å². The Bertz CT molecular complexity index is 1280. The Kier molecular flexibility index (Phi) is 8.62. The molecule has 4 aromatic rings. The second kappa shape index (κ2) is 11.6. The van der Waals surface area contributed by atoms with Gasteiger partial charge in [-0.25, -0.2) is 5.43 Å². The van der Waals surface area contributed by atoms with Crippen molar-refractivity contribution in [2.45, 2.75) is 20.8 Å². The third-order valence-corrected chi connectivity index (χ3v) is 5.70. The molecular formula is C25H27Cl2N7. The summed E-state index contributed by atoms with van der Waals surface area (Å²) in [5.74, 6) is 1.33. The summed E-state index contributed by atoms with van der Waals surface area (Å²) in [4.78, 5) is 15.7. The lowest BCUT2D eigenvalue weighted by Gasteiger charge is -2.19. The van der Waals surface area contributed by atoms with E-state index in [1.807, 2.05) is 49.4 Å². The highest BCUT2D eigenvalue weighted by atomic mass is 35.5. The van der Waals surface area contributed by atoms with Crippen molar-refractivity contribution in [2.75, 3.05) is 28.7 Å². The normalized spacial score (nSPS) is 10.8. The lowest BCUT2D eigenvalue weighted by molar-refractivity contribution is 0.814. The first-order valence-electron chi connectivity index (χ1n) is 10.9. The quantitative estimate of drug-likeness (QED) is 0.216. The van der Waals surface area contributed by atoms with Crippen molar-refractivity contribution in [1.29, 1.82) is 0 Å². The van der Waals surface area contributed by atoms with E-state index in [0.717, 1.165) is 40.7 Å². The summed E-state index contributed by atoms with van der Waals surface area (Å²) in [5.41, 5.74) is 5.77. The zero-order valence-corrected chi connectivity index (χ0v) is 20.9. The molecule has 1 heterocycles. The van der Waals surface area contributed by atoms with E-state index in [4.69, 9.17) is 11.6 Å². The highest BCUT2D eigenvalue weighted by molar-refractivity contribution is 6.31. The Morgan fingerprint density at radius 3 is 2.44 bits per heavy atom. The maximum absolute atomic E-state index is 6.27. The molecule has 0 aliphatic rings. The van der Waals surface area contributed by atoms with E-state index >= 15 is 0 Å². The number of hydrogen-bond acceptors (Lipinski definition) is 7. The van der Waals surface area contributed by atoms with Gasteiger partial charge in [0, 0.05) is 29.4 Å². The number of halogens is 2. The molecule has 9 heteroatoms. The lowest BCUT2D eigenvalue weighted by Crippen LogP contribution is -2.25. The van der Waals surface area contributed by atoms with Crippen molar-refractivity contribution in [3.63, 3.8) is 0 Å². The van der Waals surface area contributed by atoms with Crippen LogP contribution in [0.15, 0.2) is 65.8 Å². The van der Waals surface area contributed by atoms with Gasteiger partial charge in [0.25, 0.3) is 0 Å². The molecule has 1 aromatic heterocycles. The molecule has 0 amide bonds. The van der Waals surface area contributed by atoms with Gasteiger partial charge < -0.3 is 10.2 Å². The molecule has 34 heavy (non-hydrogen) atoms. The van der Waals surface area contributed by atoms with E-state index in [1.165, 1.54) is 0 Å². The molecule has 0 bridgehead atoms. The molecule has 2 N–H and O–H groups in total. The Labute approximate surface area is 210 Å². The van der Waals surface area contributed by atoms with Gasteiger partial charge in [-0.3, -0.25) is 0 Å². The summed E-state index contributed by atoms with van der Waals surface area (Å²) < 4.78 is 0. The van der Waals surface area contributed by atoms with Crippen LogP contribution in [0.2, 0.25) is 5.02 Å². The van der Waals surface area contributed by atoms with Crippen LogP contribution in [-0.4, -0.2) is 34.3 Å². The first-order valence-corrected chi connectivity index (χ1v) is 11.3. The average Bonchev–Trinajstić information content (AvgIpc) is 2.82. The molecule has 3 aromatic carbocycles. The van der Waals surface area contributed by atoms with Gasteiger partial charge in [-0.1, -0.05) is 60.1 Å². The summed E-state index contributed by atoms with van der Waals surface area (Å²) in [6, 6.07) is 20.1. The molecule has 0 unspecified atom stereocenters. The maximum Gasteiger partial charge on any atom is 0.250 e. The molecule has 4 rings (SSSR count). The predicted molar refractivity (Wildman–Crippen MR) is 145 cm³/mol. The van der Waals surface area contributed by atoms with Crippen LogP contribution < -0.4 is 15.6 Å². The molecule has 0 aliphatic heterocycles. The Morgan fingerprint density at radius 1 is 0.941 bits per heavy atom. The molecular weight excluding hydrogens is 469 g/mol. The van der Waals surface area contributed by atoms with Crippen LogP contribution >= 0.6 is 24.0 Å². The van der Waals surface area contributed by atoms with E-state index in [0.29, 0.717) is 22.9 Å². The van der Waals surface area contributed by atoms with E-state index < -0.39 is 0 Å². The number of nitrogens with zero attached hydrogens (tertiary/aromatic N) is 5. The minimum absolute atomic E-state index is 0. The van der Waals surface area contributed by atoms with E-state index in [-0.39, 0.29) is 12.4 Å². The van der Waals surface area contributed by atoms with E-state index in [2.05, 4.69) is 67.7 Å². The summed E-state index contributed by atoms with van der Waals surface area (Å²) in [5, 5.41) is 10.6. The number of hydrogen-bond donors (Lipinski definition) is 2. The van der Waals surface area contributed by atoms with Crippen molar-refractivity contribution in [3.05, 3.63) is 76.8 Å². The van der Waals surface area contributed by atoms with E-state index in [9.17, 15) is 0 Å². The molecule has 0 radical (unpaired) electrons. The van der Waals surface area contributed by atoms with Crippen molar-refractivity contribution < 1.29 is 0 Å². The highest BCUT2D eigenvalue weighted by Crippen LogP contribution is 2.23. The third kappa shape index (κ3) is 5.92. The average molecular weight is 496 g/mol. The number of hydrazone groups is 1. The second-order valence-corrected chi connectivity index (χ2v) is 7.89. The number of aryl methyl sites for hydroxylation is 1. The molecule has 7 nitrogen and oxygen atoms in total. The Hall–Kier alpha value is -3.42. The van der Waals surface area contributed by atoms with Crippen molar-refractivity contribution in [2.24, 2.45) is 5.10 Å². The first kappa shape index (κ1) is 25.2. The molecule has 0 spiro atoms. The summed E-state index contributed by atoms with van der Waals surface area (Å²) in [7, 11) is 0.